The van der Waals surface area contributed by atoms with Crippen LogP contribution in [0.15, 0.2) is 24.3 Å². The average molecular weight is 262 g/mol. The number of rotatable bonds is 0. The van der Waals surface area contributed by atoms with E-state index in [2.05, 4.69) is 6.58 Å². The number of hydrogen-bond acceptors (Lipinski definition) is 4. The van der Waals surface area contributed by atoms with E-state index in [4.69, 9.17) is 4.74 Å². The van der Waals surface area contributed by atoms with Gasteiger partial charge in [0.15, 0.2) is 5.78 Å². The third-order valence-corrected chi connectivity index (χ3v) is 5.17. The first-order valence-electron chi connectivity index (χ1n) is 6.68. The molecule has 1 unspecified atom stereocenters. The first-order chi connectivity index (χ1) is 8.87. The summed E-state index contributed by atoms with van der Waals surface area (Å²) < 4.78 is 5.31. The van der Waals surface area contributed by atoms with Crippen LogP contribution in [0.2, 0.25) is 0 Å². The fraction of sp³-hybridized carbons (Fsp3) is 0.600. The van der Waals surface area contributed by atoms with Crippen molar-refractivity contribution in [2.75, 3.05) is 0 Å². The Morgan fingerprint density at radius 1 is 1.47 bits per heavy atom. The molecule has 0 aromatic heterocycles. The highest BCUT2D eigenvalue weighted by Crippen LogP contribution is 2.52. The monoisotopic (exact) mass is 262 g/mol. The standard InChI is InChI=1S/C15H18O4/c1-7-6-10-12(8(2)14(18)19-10)13(17)15(3)9(7)4-5-11(15)16/h4-5,7,9-10,12-13,17H,2,6H2,1,3H3/t7-,9+,10-,12-,13?,15+/m1/s1. The van der Waals surface area contributed by atoms with Gasteiger partial charge >= 0.3 is 5.97 Å². The summed E-state index contributed by atoms with van der Waals surface area (Å²) >= 11 is 0. The highest BCUT2D eigenvalue weighted by molar-refractivity contribution is 5.99. The molecule has 4 heteroatoms. The van der Waals surface area contributed by atoms with Crippen LogP contribution in [0.25, 0.3) is 0 Å². The van der Waals surface area contributed by atoms with E-state index in [9.17, 15) is 14.7 Å². The second-order valence-electron chi connectivity index (χ2n) is 6.18. The topological polar surface area (TPSA) is 63.6 Å². The lowest BCUT2D eigenvalue weighted by atomic mass is 9.67. The zero-order chi connectivity index (χ0) is 13.9. The quantitative estimate of drug-likeness (QED) is 0.527. The van der Waals surface area contributed by atoms with Gasteiger partial charge in [-0.2, -0.15) is 0 Å². The van der Waals surface area contributed by atoms with Gasteiger partial charge in [0.2, 0.25) is 0 Å². The fourth-order valence-corrected chi connectivity index (χ4v) is 3.98. The van der Waals surface area contributed by atoms with Crippen LogP contribution in [-0.4, -0.2) is 29.1 Å². The molecule has 0 aromatic carbocycles. The molecule has 2 fully saturated rings. The van der Waals surface area contributed by atoms with Crippen molar-refractivity contribution < 1.29 is 19.4 Å². The van der Waals surface area contributed by atoms with Crippen molar-refractivity contribution in [2.45, 2.75) is 32.5 Å². The molecular weight excluding hydrogens is 244 g/mol. The Kier molecular flexibility index (Phi) is 2.52. The molecule has 1 heterocycles. The number of allylic oxidation sites excluding steroid dienone is 2. The van der Waals surface area contributed by atoms with Crippen LogP contribution in [0.5, 0.6) is 0 Å². The zero-order valence-electron chi connectivity index (χ0n) is 11.1. The number of esters is 1. The molecular formula is C15H18O4. The summed E-state index contributed by atoms with van der Waals surface area (Å²) in [6, 6.07) is 0. The van der Waals surface area contributed by atoms with E-state index in [0.717, 1.165) is 0 Å². The lowest BCUT2D eigenvalue weighted by Crippen LogP contribution is -2.46. The summed E-state index contributed by atoms with van der Waals surface area (Å²) in [4.78, 5) is 23.9. The van der Waals surface area contributed by atoms with Gasteiger partial charge in [0, 0.05) is 5.57 Å². The molecule has 0 amide bonds. The van der Waals surface area contributed by atoms with Gasteiger partial charge in [-0.15, -0.1) is 0 Å². The predicted octanol–water partition coefficient (Wildman–Crippen LogP) is 1.25. The van der Waals surface area contributed by atoms with E-state index in [0.29, 0.717) is 12.0 Å². The van der Waals surface area contributed by atoms with Crippen LogP contribution in [0.4, 0.5) is 0 Å². The molecule has 0 bridgehead atoms. The van der Waals surface area contributed by atoms with Gasteiger partial charge in [0.1, 0.15) is 6.10 Å². The molecule has 4 nitrogen and oxygen atoms in total. The summed E-state index contributed by atoms with van der Waals surface area (Å²) in [6.07, 6.45) is 2.83. The number of carbonyl (C=O) groups is 2. The summed E-state index contributed by atoms with van der Waals surface area (Å²) in [6.45, 7) is 7.57. The lowest BCUT2D eigenvalue weighted by Gasteiger charge is -2.37. The molecule has 0 aromatic rings. The van der Waals surface area contributed by atoms with E-state index >= 15 is 0 Å². The molecule has 3 rings (SSSR count). The molecule has 0 spiro atoms. The van der Waals surface area contributed by atoms with Crippen LogP contribution in [-0.2, 0) is 14.3 Å². The summed E-state index contributed by atoms with van der Waals surface area (Å²) in [5.74, 6) is -0.802. The van der Waals surface area contributed by atoms with Crippen molar-refractivity contribution in [2.24, 2.45) is 23.2 Å². The maximum atomic E-state index is 12.2. The lowest BCUT2D eigenvalue weighted by molar-refractivity contribution is -0.140. The Morgan fingerprint density at radius 2 is 2.16 bits per heavy atom. The van der Waals surface area contributed by atoms with Crippen LogP contribution in [0.3, 0.4) is 0 Å². The van der Waals surface area contributed by atoms with Crippen molar-refractivity contribution in [3.05, 3.63) is 24.3 Å². The summed E-state index contributed by atoms with van der Waals surface area (Å²) in [5.41, 5.74) is -0.568. The van der Waals surface area contributed by atoms with Crippen molar-refractivity contribution >= 4 is 11.8 Å². The number of hydrogen-bond donors (Lipinski definition) is 1. The number of carbonyl (C=O) groups excluding carboxylic acids is 2. The zero-order valence-corrected chi connectivity index (χ0v) is 11.1. The second-order valence-corrected chi connectivity index (χ2v) is 6.18. The van der Waals surface area contributed by atoms with Crippen LogP contribution in [0, 0.1) is 23.2 Å². The molecule has 1 saturated heterocycles. The first kappa shape index (κ1) is 12.6. The van der Waals surface area contributed by atoms with Gasteiger partial charge in [-0.1, -0.05) is 19.6 Å². The number of ketones is 1. The normalized spacial score (nSPS) is 48.8. The minimum atomic E-state index is -0.922. The number of fused-ring (bicyclic) bond motifs is 2. The van der Waals surface area contributed by atoms with Gasteiger partial charge < -0.3 is 9.84 Å². The van der Waals surface area contributed by atoms with E-state index in [-0.39, 0.29) is 23.7 Å². The van der Waals surface area contributed by atoms with Gasteiger partial charge in [-0.3, -0.25) is 4.79 Å². The molecule has 6 atom stereocenters. The minimum Gasteiger partial charge on any atom is -0.458 e. The van der Waals surface area contributed by atoms with Crippen LogP contribution in [0.1, 0.15) is 20.3 Å². The molecule has 1 N–H and O–H groups in total. The summed E-state index contributed by atoms with van der Waals surface area (Å²) in [7, 11) is 0. The molecule has 1 aliphatic heterocycles. The second kappa shape index (κ2) is 3.79. The summed E-state index contributed by atoms with van der Waals surface area (Å²) in [5, 5.41) is 10.7. The largest absolute Gasteiger partial charge is 0.458 e. The predicted molar refractivity (Wildman–Crippen MR) is 68.0 cm³/mol. The third kappa shape index (κ3) is 1.43. The Labute approximate surface area is 112 Å². The van der Waals surface area contributed by atoms with E-state index < -0.39 is 23.4 Å². The van der Waals surface area contributed by atoms with Crippen molar-refractivity contribution in [3.63, 3.8) is 0 Å². The molecule has 0 radical (unpaired) electrons. The van der Waals surface area contributed by atoms with Gasteiger partial charge in [0.25, 0.3) is 0 Å². The van der Waals surface area contributed by atoms with Crippen LogP contribution >= 0.6 is 0 Å². The number of ether oxygens (including phenoxy) is 1. The van der Waals surface area contributed by atoms with Gasteiger partial charge in [0.05, 0.1) is 17.4 Å². The van der Waals surface area contributed by atoms with Crippen LogP contribution < -0.4 is 0 Å². The maximum absolute atomic E-state index is 12.2. The Balaban J connectivity index is 2.08. The van der Waals surface area contributed by atoms with Crippen molar-refractivity contribution in [1.29, 1.82) is 0 Å². The fourth-order valence-electron chi connectivity index (χ4n) is 3.98. The Hall–Kier alpha value is -1.42. The Bertz CT molecular complexity index is 506. The van der Waals surface area contributed by atoms with Crippen molar-refractivity contribution in [3.8, 4) is 0 Å². The van der Waals surface area contributed by atoms with E-state index in [1.54, 1.807) is 13.0 Å². The average Bonchev–Trinajstić information content (AvgIpc) is 2.77. The third-order valence-electron chi connectivity index (χ3n) is 5.17. The molecule has 1 saturated carbocycles. The van der Waals surface area contributed by atoms with E-state index in [1.807, 2.05) is 13.0 Å². The highest BCUT2D eigenvalue weighted by Gasteiger charge is 2.59. The highest BCUT2D eigenvalue weighted by atomic mass is 16.6. The molecule has 3 aliphatic rings. The number of aliphatic hydroxyl groups is 1. The van der Waals surface area contributed by atoms with Gasteiger partial charge in [-0.25, -0.2) is 4.79 Å². The Morgan fingerprint density at radius 3 is 2.84 bits per heavy atom. The number of aliphatic hydroxyl groups excluding tert-OH is 1. The maximum Gasteiger partial charge on any atom is 0.334 e. The van der Waals surface area contributed by atoms with Gasteiger partial charge in [-0.05, 0) is 31.3 Å². The smallest absolute Gasteiger partial charge is 0.334 e. The van der Waals surface area contributed by atoms with Crippen molar-refractivity contribution in [1.82, 2.24) is 0 Å². The van der Waals surface area contributed by atoms with E-state index in [1.165, 1.54) is 0 Å². The molecule has 102 valence electrons. The SMILES string of the molecule is C=C1C(=O)O[C@@H]2C[C@@H](C)[C@@H]3C=CC(=O)[C@@]3(C)C(O)[C@H]12. The molecule has 19 heavy (non-hydrogen) atoms. The minimum absolute atomic E-state index is 0.00731. The first-order valence-corrected chi connectivity index (χ1v) is 6.68. The molecule has 2 aliphatic carbocycles.